The molecule has 12 heteroatoms. The Morgan fingerprint density at radius 1 is 1.00 bits per heavy atom. The SMILES string of the molecule is COc1ncc(-c2nc3c(n2C(C)C)[C@@H](c2ccc(Cl)cc2)N(c2cc(Cl)cn4ccnc24)C3=O)c(OC)n1. The second kappa shape index (κ2) is 9.55. The zero-order chi connectivity index (χ0) is 27.4. The van der Waals surface area contributed by atoms with Crippen molar-refractivity contribution in [2.24, 2.45) is 0 Å². The number of amides is 1. The molecule has 1 atom stereocenters. The van der Waals surface area contributed by atoms with Crippen LogP contribution in [0.4, 0.5) is 5.69 Å². The predicted octanol–water partition coefficient (Wildman–Crippen LogP) is 5.64. The topological polar surface area (TPSA) is 99.7 Å². The van der Waals surface area contributed by atoms with E-state index in [0.29, 0.717) is 38.5 Å². The van der Waals surface area contributed by atoms with Crippen molar-refractivity contribution in [3.63, 3.8) is 0 Å². The zero-order valence-corrected chi connectivity index (χ0v) is 23.0. The lowest BCUT2D eigenvalue weighted by Crippen LogP contribution is -2.31. The van der Waals surface area contributed by atoms with Crippen molar-refractivity contribution in [3.05, 3.63) is 82.1 Å². The molecule has 0 spiro atoms. The third kappa shape index (κ3) is 3.98. The fourth-order valence-electron chi connectivity index (χ4n) is 5.05. The van der Waals surface area contributed by atoms with Crippen molar-refractivity contribution >= 4 is 40.4 Å². The van der Waals surface area contributed by atoms with Gasteiger partial charge in [-0.05, 0) is 37.6 Å². The van der Waals surface area contributed by atoms with Crippen LogP contribution in [0.1, 0.15) is 47.7 Å². The molecule has 4 aromatic heterocycles. The number of carbonyl (C=O) groups excluding carboxylic acids is 1. The predicted molar refractivity (Wildman–Crippen MR) is 147 cm³/mol. The smallest absolute Gasteiger partial charge is 0.319 e. The van der Waals surface area contributed by atoms with Crippen molar-refractivity contribution in [1.29, 1.82) is 0 Å². The first-order chi connectivity index (χ1) is 18.8. The maximum atomic E-state index is 14.3. The Morgan fingerprint density at radius 3 is 2.46 bits per heavy atom. The van der Waals surface area contributed by atoms with Gasteiger partial charge in [-0.15, -0.1) is 0 Å². The largest absolute Gasteiger partial charge is 0.480 e. The zero-order valence-electron chi connectivity index (χ0n) is 21.5. The number of ether oxygens (including phenoxy) is 2. The third-order valence-corrected chi connectivity index (χ3v) is 7.09. The summed E-state index contributed by atoms with van der Waals surface area (Å²) in [7, 11) is 2.99. The number of imidazole rings is 2. The molecule has 0 fully saturated rings. The maximum Gasteiger partial charge on any atom is 0.319 e. The van der Waals surface area contributed by atoms with Crippen LogP contribution in [0.15, 0.2) is 55.1 Å². The first-order valence-electron chi connectivity index (χ1n) is 12.1. The standard InChI is InChI=1S/C27H23Cl2N7O3/c1-14(2)35-22-20(32-23(35)18-12-31-27(39-4)33-25(18)38-3)26(37)36(21(22)15-5-7-16(28)8-6-15)19-11-17(29)13-34-10-9-30-24(19)34/h5-14,21H,1-4H3/t21-/m1/s1. The number of pyridine rings is 1. The van der Waals surface area contributed by atoms with E-state index in [1.54, 1.807) is 52.3 Å². The highest BCUT2D eigenvalue weighted by atomic mass is 35.5. The van der Waals surface area contributed by atoms with Crippen LogP contribution in [0, 0.1) is 0 Å². The molecule has 1 amide bonds. The van der Waals surface area contributed by atoms with E-state index in [0.717, 1.165) is 11.3 Å². The van der Waals surface area contributed by atoms with Gasteiger partial charge in [-0.25, -0.2) is 15.0 Å². The number of halogens is 2. The quantitative estimate of drug-likeness (QED) is 0.263. The van der Waals surface area contributed by atoms with Crippen LogP contribution in [0.2, 0.25) is 10.0 Å². The Bertz CT molecular complexity index is 1730. The van der Waals surface area contributed by atoms with E-state index in [2.05, 4.69) is 15.0 Å². The van der Waals surface area contributed by atoms with Gasteiger partial charge in [-0.1, -0.05) is 35.3 Å². The van der Waals surface area contributed by atoms with E-state index >= 15 is 0 Å². The monoisotopic (exact) mass is 563 g/mol. The number of rotatable bonds is 6. The van der Waals surface area contributed by atoms with Gasteiger partial charge in [0.05, 0.1) is 36.2 Å². The van der Waals surface area contributed by atoms with Crippen LogP contribution in [-0.4, -0.2) is 49.0 Å². The number of aromatic nitrogens is 6. The minimum Gasteiger partial charge on any atom is -0.480 e. The van der Waals surface area contributed by atoms with Gasteiger partial charge in [0.2, 0.25) is 5.88 Å². The average molecular weight is 564 g/mol. The molecule has 5 aromatic rings. The maximum absolute atomic E-state index is 14.3. The van der Waals surface area contributed by atoms with E-state index in [-0.39, 0.29) is 23.8 Å². The molecule has 0 unspecified atom stereocenters. The number of fused-ring (bicyclic) bond motifs is 2. The second-order valence-electron chi connectivity index (χ2n) is 9.24. The summed E-state index contributed by atoms with van der Waals surface area (Å²) >= 11 is 12.7. The lowest BCUT2D eigenvalue weighted by Gasteiger charge is -2.28. The Kier molecular flexibility index (Phi) is 6.16. The van der Waals surface area contributed by atoms with Crippen molar-refractivity contribution in [3.8, 4) is 23.3 Å². The van der Waals surface area contributed by atoms with Gasteiger partial charge in [-0.2, -0.15) is 4.98 Å². The van der Waals surface area contributed by atoms with Gasteiger partial charge in [0, 0.05) is 35.9 Å². The van der Waals surface area contributed by atoms with Crippen molar-refractivity contribution in [2.75, 3.05) is 19.1 Å². The van der Waals surface area contributed by atoms with Crippen LogP contribution < -0.4 is 14.4 Å². The first-order valence-corrected chi connectivity index (χ1v) is 12.9. The van der Waals surface area contributed by atoms with E-state index < -0.39 is 6.04 Å². The molecule has 39 heavy (non-hydrogen) atoms. The van der Waals surface area contributed by atoms with Crippen LogP contribution in [0.5, 0.6) is 11.9 Å². The number of hydrogen-bond donors (Lipinski definition) is 0. The molecule has 198 valence electrons. The number of hydrogen-bond acceptors (Lipinski definition) is 7. The Labute approximate surface area is 233 Å². The molecular weight excluding hydrogens is 541 g/mol. The summed E-state index contributed by atoms with van der Waals surface area (Å²) in [6.07, 6.45) is 6.79. The molecule has 1 aliphatic heterocycles. The fourth-order valence-corrected chi connectivity index (χ4v) is 5.38. The van der Waals surface area contributed by atoms with Gasteiger partial charge >= 0.3 is 6.01 Å². The molecule has 0 aliphatic carbocycles. The molecule has 0 bridgehead atoms. The summed E-state index contributed by atoms with van der Waals surface area (Å²) in [5, 5.41) is 1.06. The van der Waals surface area contributed by atoms with E-state index in [9.17, 15) is 4.79 Å². The molecule has 1 aliphatic rings. The van der Waals surface area contributed by atoms with E-state index in [4.69, 9.17) is 37.7 Å². The second-order valence-corrected chi connectivity index (χ2v) is 10.1. The Morgan fingerprint density at radius 2 is 1.77 bits per heavy atom. The highest BCUT2D eigenvalue weighted by Crippen LogP contribution is 2.46. The van der Waals surface area contributed by atoms with Gasteiger partial charge in [-0.3, -0.25) is 9.69 Å². The molecule has 1 aromatic carbocycles. The lowest BCUT2D eigenvalue weighted by molar-refractivity contribution is 0.0989. The van der Waals surface area contributed by atoms with Gasteiger partial charge in [0.25, 0.3) is 5.91 Å². The molecule has 10 nitrogen and oxygen atoms in total. The number of carbonyl (C=O) groups is 1. The molecule has 0 radical (unpaired) electrons. The first kappa shape index (κ1) is 25.1. The van der Waals surface area contributed by atoms with Crippen LogP contribution in [-0.2, 0) is 0 Å². The van der Waals surface area contributed by atoms with E-state index in [1.165, 1.54) is 14.2 Å². The van der Waals surface area contributed by atoms with Crippen LogP contribution in [0.25, 0.3) is 17.0 Å². The van der Waals surface area contributed by atoms with Crippen molar-refractivity contribution < 1.29 is 14.3 Å². The van der Waals surface area contributed by atoms with Crippen LogP contribution in [0.3, 0.4) is 0 Å². The van der Waals surface area contributed by atoms with Gasteiger partial charge in [0.15, 0.2) is 11.3 Å². The highest BCUT2D eigenvalue weighted by molar-refractivity contribution is 6.31. The minimum absolute atomic E-state index is 0.0867. The summed E-state index contributed by atoms with van der Waals surface area (Å²) in [5.74, 6) is 0.512. The van der Waals surface area contributed by atoms with Gasteiger partial charge < -0.3 is 18.4 Å². The normalized spacial score (nSPS) is 14.9. The number of anilines is 1. The minimum atomic E-state index is -0.544. The average Bonchev–Trinajstić information content (AvgIpc) is 3.62. The van der Waals surface area contributed by atoms with E-state index in [1.807, 2.05) is 30.5 Å². The molecule has 6 rings (SSSR count). The summed E-state index contributed by atoms with van der Waals surface area (Å²) in [5.41, 5.74) is 3.57. The van der Waals surface area contributed by atoms with Crippen molar-refractivity contribution in [1.82, 2.24) is 28.9 Å². The Balaban J connectivity index is 1.63. The molecular formula is C27H23Cl2N7O3. The molecule has 0 saturated carbocycles. The van der Waals surface area contributed by atoms with Crippen LogP contribution >= 0.6 is 23.2 Å². The highest BCUT2D eigenvalue weighted by Gasteiger charge is 2.46. The van der Waals surface area contributed by atoms with Crippen molar-refractivity contribution in [2.45, 2.75) is 25.9 Å². The third-order valence-electron chi connectivity index (χ3n) is 6.63. The van der Waals surface area contributed by atoms with Gasteiger partial charge in [0.1, 0.15) is 11.9 Å². The lowest BCUT2D eigenvalue weighted by atomic mass is 10.0. The molecule has 0 saturated heterocycles. The number of methoxy groups -OCH3 is 2. The number of nitrogens with zero attached hydrogens (tertiary/aromatic N) is 7. The fraction of sp³-hybridized carbons (Fsp3) is 0.222. The summed E-state index contributed by atoms with van der Waals surface area (Å²) in [6, 6.07) is 8.70. The summed E-state index contributed by atoms with van der Waals surface area (Å²) in [4.78, 5) is 33.9. The number of benzene rings is 1. The summed E-state index contributed by atoms with van der Waals surface area (Å²) < 4.78 is 14.5. The molecule has 0 N–H and O–H groups in total. The molecule has 5 heterocycles. The summed E-state index contributed by atoms with van der Waals surface area (Å²) in [6.45, 7) is 4.06. The Hall–Kier alpha value is -4.15.